The molecule has 1 aromatic carbocycles. The van der Waals surface area contributed by atoms with Gasteiger partial charge in [-0.3, -0.25) is 4.79 Å². The minimum atomic E-state index is -0.585. The molecular formula is C20H22F2N4O. The largest absolute Gasteiger partial charge is 0.347 e. The van der Waals surface area contributed by atoms with Gasteiger partial charge in [0.15, 0.2) is 0 Å². The van der Waals surface area contributed by atoms with Crippen LogP contribution >= 0.6 is 0 Å². The second-order valence-corrected chi connectivity index (χ2v) is 6.57. The fourth-order valence-electron chi connectivity index (χ4n) is 2.99. The number of benzene rings is 1. The van der Waals surface area contributed by atoms with Gasteiger partial charge >= 0.3 is 0 Å². The molecule has 1 aliphatic heterocycles. The van der Waals surface area contributed by atoms with Crippen molar-refractivity contribution in [2.75, 3.05) is 18.0 Å². The molecule has 0 aliphatic carbocycles. The maximum absolute atomic E-state index is 13.6. The van der Waals surface area contributed by atoms with Crippen molar-refractivity contribution >= 4 is 17.9 Å². The zero-order valence-electron chi connectivity index (χ0n) is 15.2. The Morgan fingerprint density at radius 1 is 1.19 bits per heavy atom. The summed E-state index contributed by atoms with van der Waals surface area (Å²) in [5.74, 6) is -0.859. The Kier molecular flexibility index (Phi) is 6.11. The lowest BCUT2D eigenvalue weighted by Gasteiger charge is -2.27. The topological polar surface area (TPSA) is 58.1 Å². The lowest BCUT2D eigenvalue weighted by atomic mass is 10.1. The van der Waals surface area contributed by atoms with E-state index in [1.165, 1.54) is 18.6 Å². The van der Waals surface area contributed by atoms with Crippen LogP contribution in [0.3, 0.4) is 0 Å². The molecule has 142 valence electrons. The number of aromatic nitrogens is 2. The molecular weight excluding hydrogens is 350 g/mol. The number of anilines is 1. The Morgan fingerprint density at radius 3 is 2.74 bits per heavy atom. The molecule has 2 heterocycles. The molecule has 1 aliphatic rings. The molecule has 0 radical (unpaired) electrons. The van der Waals surface area contributed by atoms with E-state index in [2.05, 4.69) is 20.2 Å². The van der Waals surface area contributed by atoms with Crippen LogP contribution in [0.2, 0.25) is 0 Å². The van der Waals surface area contributed by atoms with Gasteiger partial charge in [-0.25, -0.2) is 18.7 Å². The molecule has 2 aromatic rings. The number of rotatable bonds is 5. The maximum atomic E-state index is 13.6. The highest BCUT2D eigenvalue weighted by molar-refractivity contribution is 5.91. The lowest BCUT2D eigenvalue weighted by Crippen LogP contribution is -2.31. The van der Waals surface area contributed by atoms with E-state index in [4.69, 9.17) is 0 Å². The van der Waals surface area contributed by atoms with Crippen molar-refractivity contribution < 1.29 is 13.6 Å². The van der Waals surface area contributed by atoms with Gasteiger partial charge in [0.1, 0.15) is 11.6 Å². The van der Waals surface area contributed by atoms with Gasteiger partial charge in [0.05, 0.1) is 12.2 Å². The Labute approximate surface area is 157 Å². The number of hydrogen-bond donors (Lipinski definition) is 1. The summed E-state index contributed by atoms with van der Waals surface area (Å²) < 4.78 is 26.7. The van der Waals surface area contributed by atoms with Crippen LogP contribution < -0.4 is 10.2 Å². The zero-order valence-corrected chi connectivity index (χ0v) is 15.2. The number of halogens is 2. The third kappa shape index (κ3) is 5.32. The fraction of sp³-hybridized carbons (Fsp3) is 0.350. The first-order chi connectivity index (χ1) is 13.0. The molecule has 0 saturated carbocycles. The first-order valence-corrected chi connectivity index (χ1v) is 9.02. The fourth-order valence-corrected chi connectivity index (χ4v) is 2.99. The highest BCUT2D eigenvalue weighted by Gasteiger charge is 2.14. The van der Waals surface area contributed by atoms with E-state index in [0.29, 0.717) is 11.6 Å². The van der Waals surface area contributed by atoms with Crippen molar-refractivity contribution in [2.24, 2.45) is 0 Å². The van der Waals surface area contributed by atoms with Gasteiger partial charge < -0.3 is 10.2 Å². The summed E-state index contributed by atoms with van der Waals surface area (Å²) in [5, 5.41) is 2.71. The van der Waals surface area contributed by atoms with Gasteiger partial charge in [0.25, 0.3) is 0 Å². The SMILES string of the molecule is Cc1cc(CNC(=O)/C=C/c2cc(F)ccc2F)nc(N2CCCCC2)n1. The standard InChI is InChI=1S/C20H22F2N4O/c1-14-11-17(25-20(24-14)26-9-3-2-4-10-26)13-23-19(27)8-5-15-12-16(21)6-7-18(15)22/h5-8,11-12H,2-4,9-10,13H2,1H3,(H,23,27)/b8-5+. The summed E-state index contributed by atoms with van der Waals surface area (Å²) in [6, 6.07) is 4.92. The number of nitrogens with one attached hydrogen (secondary N) is 1. The molecule has 0 spiro atoms. The summed E-state index contributed by atoms with van der Waals surface area (Å²) in [6.45, 7) is 4.01. The highest BCUT2D eigenvalue weighted by atomic mass is 19.1. The Morgan fingerprint density at radius 2 is 1.96 bits per heavy atom. The first kappa shape index (κ1) is 18.9. The predicted molar refractivity (Wildman–Crippen MR) is 100 cm³/mol. The van der Waals surface area contributed by atoms with E-state index < -0.39 is 17.5 Å². The summed E-state index contributed by atoms with van der Waals surface area (Å²) in [6.07, 6.45) is 5.91. The van der Waals surface area contributed by atoms with Crippen molar-refractivity contribution in [3.63, 3.8) is 0 Å². The Balaban J connectivity index is 1.62. The molecule has 0 atom stereocenters. The highest BCUT2D eigenvalue weighted by Crippen LogP contribution is 2.16. The third-order valence-corrected chi connectivity index (χ3v) is 4.35. The summed E-state index contributed by atoms with van der Waals surface area (Å²) in [5.41, 5.74) is 1.57. The van der Waals surface area contributed by atoms with E-state index in [1.807, 2.05) is 13.0 Å². The number of piperidine rings is 1. The van der Waals surface area contributed by atoms with Crippen LogP contribution in [-0.4, -0.2) is 29.0 Å². The number of carbonyl (C=O) groups is 1. The summed E-state index contributed by atoms with van der Waals surface area (Å²) in [7, 11) is 0. The molecule has 1 aromatic heterocycles. The van der Waals surface area contributed by atoms with Gasteiger partial charge in [-0.15, -0.1) is 0 Å². The normalized spacial score (nSPS) is 14.6. The predicted octanol–water partition coefficient (Wildman–Crippen LogP) is 3.38. The third-order valence-electron chi connectivity index (χ3n) is 4.35. The zero-order chi connectivity index (χ0) is 19.2. The van der Waals surface area contributed by atoms with E-state index in [0.717, 1.165) is 49.8 Å². The number of aryl methyl sites for hydroxylation is 1. The Bertz CT molecular complexity index is 848. The summed E-state index contributed by atoms with van der Waals surface area (Å²) >= 11 is 0. The maximum Gasteiger partial charge on any atom is 0.244 e. The van der Waals surface area contributed by atoms with Crippen molar-refractivity contribution in [2.45, 2.75) is 32.7 Å². The molecule has 1 amide bonds. The smallest absolute Gasteiger partial charge is 0.244 e. The average Bonchev–Trinajstić information content (AvgIpc) is 2.67. The van der Waals surface area contributed by atoms with E-state index >= 15 is 0 Å². The number of nitrogens with zero attached hydrogens (tertiary/aromatic N) is 3. The molecule has 7 heteroatoms. The van der Waals surface area contributed by atoms with Crippen LogP contribution in [0.15, 0.2) is 30.3 Å². The second-order valence-electron chi connectivity index (χ2n) is 6.57. The average molecular weight is 372 g/mol. The van der Waals surface area contributed by atoms with Crippen LogP contribution in [0, 0.1) is 18.6 Å². The summed E-state index contributed by atoms with van der Waals surface area (Å²) in [4.78, 5) is 23.2. The molecule has 0 unspecified atom stereocenters. The monoisotopic (exact) mass is 372 g/mol. The second kappa shape index (κ2) is 8.70. The van der Waals surface area contributed by atoms with Crippen LogP contribution in [0.5, 0.6) is 0 Å². The first-order valence-electron chi connectivity index (χ1n) is 9.02. The molecule has 1 fully saturated rings. The molecule has 1 N–H and O–H groups in total. The van der Waals surface area contributed by atoms with Crippen LogP contribution in [-0.2, 0) is 11.3 Å². The van der Waals surface area contributed by atoms with Gasteiger partial charge in [0.2, 0.25) is 11.9 Å². The lowest BCUT2D eigenvalue weighted by molar-refractivity contribution is -0.116. The number of amides is 1. The van der Waals surface area contributed by atoms with Crippen molar-refractivity contribution in [1.82, 2.24) is 15.3 Å². The quantitative estimate of drug-likeness (QED) is 0.818. The van der Waals surface area contributed by atoms with Gasteiger partial charge in [-0.05, 0) is 56.5 Å². The molecule has 27 heavy (non-hydrogen) atoms. The Hall–Kier alpha value is -2.83. The minimum Gasteiger partial charge on any atom is -0.347 e. The van der Waals surface area contributed by atoms with Crippen molar-refractivity contribution in [1.29, 1.82) is 0 Å². The van der Waals surface area contributed by atoms with Gasteiger partial charge in [0, 0.05) is 30.4 Å². The van der Waals surface area contributed by atoms with E-state index in [-0.39, 0.29) is 12.1 Å². The minimum absolute atomic E-state index is 0.0235. The molecule has 3 rings (SSSR count). The van der Waals surface area contributed by atoms with Crippen LogP contribution in [0.1, 0.15) is 36.2 Å². The van der Waals surface area contributed by atoms with E-state index in [9.17, 15) is 13.6 Å². The van der Waals surface area contributed by atoms with E-state index in [1.54, 1.807) is 0 Å². The van der Waals surface area contributed by atoms with Crippen LogP contribution in [0.25, 0.3) is 6.08 Å². The number of carbonyl (C=O) groups excluding carboxylic acids is 1. The van der Waals surface area contributed by atoms with Gasteiger partial charge in [-0.2, -0.15) is 0 Å². The molecule has 1 saturated heterocycles. The molecule has 0 bridgehead atoms. The van der Waals surface area contributed by atoms with Crippen molar-refractivity contribution in [3.8, 4) is 0 Å². The van der Waals surface area contributed by atoms with Gasteiger partial charge in [-0.1, -0.05) is 0 Å². The van der Waals surface area contributed by atoms with Crippen molar-refractivity contribution in [3.05, 3.63) is 58.9 Å². The molecule has 5 nitrogen and oxygen atoms in total. The number of hydrogen-bond acceptors (Lipinski definition) is 4. The van der Waals surface area contributed by atoms with Crippen LogP contribution in [0.4, 0.5) is 14.7 Å².